The molecule has 18 heavy (non-hydrogen) atoms. The average Bonchev–Trinajstić information content (AvgIpc) is 2.34. The topological polar surface area (TPSA) is 41.6 Å². The van der Waals surface area contributed by atoms with Gasteiger partial charge in [0.25, 0.3) is 0 Å². The van der Waals surface area contributed by atoms with Crippen LogP contribution in [0.1, 0.15) is 20.3 Å². The Morgan fingerprint density at radius 1 is 1.50 bits per heavy atom. The van der Waals surface area contributed by atoms with Gasteiger partial charge in [-0.25, -0.2) is 0 Å². The number of rotatable bonds is 2. The minimum Gasteiger partial charge on any atom is -0.378 e. The van der Waals surface area contributed by atoms with E-state index in [4.69, 9.17) is 4.74 Å². The molecule has 2 aliphatic heterocycles. The zero-order valence-corrected chi connectivity index (χ0v) is 12.7. The quantitative estimate of drug-likeness (QED) is 0.829. The Labute approximate surface area is 120 Å². The fourth-order valence-corrected chi connectivity index (χ4v) is 3.46. The van der Waals surface area contributed by atoms with E-state index < -0.39 is 0 Å². The first-order chi connectivity index (χ1) is 8.18. The Balaban J connectivity index is 0.00000162. The summed E-state index contributed by atoms with van der Waals surface area (Å²) in [6.45, 7) is 7.54. The van der Waals surface area contributed by atoms with E-state index in [1.807, 2.05) is 16.7 Å². The molecule has 0 aliphatic carbocycles. The van der Waals surface area contributed by atoms with Gasteiger partial charge in [-0.2, -0.15) is 11.8 Å². The fraction of sp³-hybridized carbons (Fsp3) is 0.917. The van der Waals surface area contributed by atoms with Gasteiger partial charge in [0.05, 0.1) is 13.2 Å². The monoisotopic (exact) mass is 294 g/mol. The van der Waals surface area contributed by atoms with Crippen LogP contribution in [0.4, 0.5) is 0 Å². The number of nitrogens with one attached hydrogen (secondary N) is 1. The Hall–Kier alpha value is 0.0300. The number of halogens is 1. The molecule has 1 amide bonds. The van der Waals surface area contributed by atoms with Crippen molar-refractivity contribution >= 4 is 30.1 Å². The molecule has 0 bridgehead atoms. The highest BCUT2D eigenvalue weighted by atomic mass is 35.5. The summed E-state index contributed by atoms with van der Waals surface area (Å²) in [5.74, 6) is 1.33. The van der Waals surface area contributed by atoms with Crippen molar-refractivity contribution < 1.29 is 9.53 Å². The summed E-state index contributed by atoms with van der Waals surface area (Å²) in [4.78, 5) is 14.3. The lowest BCUT2D eigenvalue weighted by Crippen LogP contribution is -2.51. The molecule has 6 heteroatoms. The maximum absolute atomic E-state index is 12.2. The van der Waals surface area contributed by atoms with Crippen LogP contribution in [0, 0.1) is 0 Å². The molecule has 3 atom stereocenters. The van der Waals surface area contributed by atoms with Crippen molar-refractivity contribution in [3.05, 3.63) is 0 Å². The van der Waals surface area contributed by atoms with Gasteiger partial charge in [0.1, 0.15) is 0 Å². The van der Waals surface area contributed by atoms with E-state index in [-0.39, 0.29) is 24.4 Å². The summed E-state index contributed by atoms with van der Waals surface area (Å²) in [5.41, 5.74) is 0. The number of thioether (sulfide) groups is 1. The Morgan fingerprint density at radius 2 is 2.28 bits per heavy atom. The number of ether oxygens (including phenoxy) is 1. The predicted molar refractivity (Wildman–Crippen MR) is 77.6 cm³/mol. The van der Waals surface area contributed by atoms with Gasteiger partial charge in [-0.05, 0) is 6.92 Å². The fourth-order valence-electron chi connectivity index (χ4n) is 2.36. The summed E-state index contributed by atoms with van der Waals surface area (Å²) in [7, 11) is 0. The molecule has 0 aromatic carbocycles. The molecule has 0 radical (unpaired) electrons. The molecule has 4 nitrogen and oxygen atoms in total. The van der Waals surface area contributed by atoms with Crippen LogP contribution in [0.15, 0.2) is 0 Å². The van der Waals surface area contributed by atoms with Crippen molar-refractivity contribution in [1.29, 1.82) is 0 Å². The summed E-state index contributed by atoms with van der Waals surface area (Å²) in [6.07, 6.45) is 0.571. The molecule has 3 unspecified atom stereocenters. The standard InChI is InChI=1S/C12H22N2O2S.ClH/c1-9-10(2)17-6-4-14(9)12(15)7-11-8-16-5-3-13-11;/h9-11,13H,3-8H2,1-2H3;1H. The summed E-state index contributed by atoms with van der Waals surface area (Å²) in [5, 5.41) is 3.88. The summed E-state index contributed by atoms with van der Waals surface area (Å²) < 4.78 is 5.38. The van der Waals surface area contributed by atoms with Gasteiger partial charge in [-0.15, -0.1) is 12.4 Å². The molecule has 2 rings (SSSR count). The third-order valence-corrected chi connectivity index (χ3v) is 4.96. The van der Waals surface area contributed by atoms with Crippen LogP contribution in [-0.2, 0) is 9.53 Å². The molecule has 2 fully saturated rings. The maximum Gasteiger partial charge on any atom is 0.224 e. The van der Waals surface area contributed by atoms with Crippen molar-refractivity contribution in [2.24, 2.45) is 0 Å². The van der Waals surface area contributed by atoms with Gasteiger partial charge in [-0.1, -0.05) is 6.92 Å². The number of amides is 1. The van der Waals surface area contributed by atoms with E-state index in [0.717, 1.165) is 25.4 Å². The van der Waals surface area contributed by atoms with Crippen molar-refractivity contribution in [2.75, 3.05) is 32.1 Å². The Kier molecular flexibility index (Phi) is 6.77. The SMILES string of the molecule is CC1SCCN(C(=O)CC2COCCN2)C1C.Cl. The molecule has 2 heterocycles. The predicted octanol–water partition coefficient (Wildman–Crippen LogP) is 1.14. The number of carbonyl (C=O) groups excluding carboxylic acids is 1. The molecule has 106 valence electrons. The van der Waals surface area contributed by atoms with E-state index in [9.17, 15) is 4.79 Å². The van der Waals surface area contributed by atoms with Gasteiger partial charge in [0.15, 0.2) is 0 Å². The molecule has 0 aromatic heterocycles. The number of nitrogens with zero attached hydrogens (tertiary/aromatic N) is 1. The largest absolute Gasteiger partial charge is 0.378 e. The van der Waals surface area contributed by atoms with E-state index in [0.29, 0.717) is 24.3 Å². The van der Waals surface area contributed by atoms with Crippen LogP contribution < -0.4 is 5.32 Å². The Morgan fingerprint density at radius 3 is 2.94 bits per heavy atom. The normalized spacial score (nSPS) is 32.8. The highest BCUT2D eigenvalue weighted by Crippen LogP contribution is 2.24. The zero-order chi connectivity index (χ0) is 12.3. The van der Waals surface area contributed by atoms with Gasteiger partial charge in [0, 0.05) is 42.6 Å². The molecule has 0 saturated carbocycles. The highest BCUT2D eigenvalue weighted by Gasteiger charge is 2.30. The van der Waals surface area contributed by atoms with Crippen LogP contribution in [0.25, 0.3) is 0 Å². The minimum atomic E-state index is 0. The number of morpholine rings is 1. The highest BCUT2D eigenvalue weighted by molar-refractivity contribution is 8.00. The van der Waals surface area contributed by atoms with Crippen LogP contribution in [0.3, 0.4) is 0 Å². The van der Waals surface area contributed by atoms with E-state index >= 15 is 0 Å². The molecule has 2 saturated heterocycles. The smallest absolute Gasteiger partial charge is 0.224 e. The lowest BCUT2D eigenvalue weighted by atomic mass is 10.1. The van der Waals surface area contributed by atoms with Crippen molar-refractivity contribution in [2.45, 2.75) is 37.6 Å². The first-order valence-electron chi connectivity index (χ1n) is 6.40. The van der Waals surface area contributed by atoms with Crippen LogP contribution in [0.5, 0.6) is 0 Å². The van der Waals surface area contributed by atoms with Crippen LogP contribution in [0.2, 0.25) is 0 Å². The van der Waals surface area contributed by atoms with Gasteiger partial charge < -0.3 is 15.0 Å². The van der Waals surface area contributed by atoms with Gasteiger partial charge in [-0.3, -0.25) is 4.79 Å². The minimum absolute atomic E-state index is 0. The third kappa shape index (κ3) is 4.02. The van der Waals surface area contributed by atoms with Crippen molar-refractivity contribution in [3.63, 3.8) is 0 Å². The second-order valence-electron chi connectivity index (χ2n) is 4.83. The first-order valence-corrected chi connectivity index (χ1v) is 7.45. The average molecular weight is 295 g/mol. The van der Waals surface area contributed by atoms with Crippen LogP contribution in [-0.4, -0.2) is 60.2 Å². The van der Waals surface area contributed by atoms with Crippen molar-refractivity contribution in [1.82, 2.24) is 10.2 Å². The number of hydrogen-bond donors (Lipinski definition) is 1. The van der Waals surface area contributed by atoms with E-state index in [1.54, 1.807) is 0 Å². The summed E-state index contributed by atoms with van der Waals surface area (Å²) >= 11 is 1.96. The van der Waals surface area contributed by atoms with E-state index in [2.05, 4.69) is 19.2 Å². The van der Waals surface area contributed by atoms with Crippen molar-refractivity contribution in [3.8, 4) is 0 Å². The molecular formula is C12H23ClN2O2S. The van der Waals surface area contributed by atoms with Crippen LogP contribution >= 0.6 is 24.2 Å². The second kappa shape index (κ2) is 7.58. The number of hydrogen-bond acceptors (Lipinski definition) is 4. The maximum atomic E-state index is 12.2. The number of carbonyl (C=O) groups is 1. The lowest BCUT2D eigenvalue weighted by Gasteiger charge is -2.38. The molecule has 0 spiro atoms. The molecule has 1 N–H and O–H groups in total. The Bertz CT molecular complexity index is 275. The van der Waals surface area contributed by atoms with E-state index in [1.165, 1.54) is 0 Å². The summed E-state index contributed by atoms with van der Waals surface area (Å²) in [6, 6.07) is 0.555. The molecule has 0 aromatic rings. The zero-order valence-electron chi connectivity index (χ0n) is 11.1. The molecular weight excluding hydrogens is 272 g/mol. The third-order valence-electron chi connectivity index (χ3n) is 3.62. The second-order valence-corrected chi connectivity index (χ2v) is 6.32. The molecule has 2 aliphatic rings. The van der Waals surface area contributed by atoms with Gasteiger partial charge >= 0.3 is 0 Å². The lowest BCUT2D eigenvalue weighted by molar-refractivity contribution is -0.134. The van der Waals surface area contributed by atoms with Gasteiger partial charge in [0.2, 0.25) is 5.91 Å². The first kappa shape index (κ1) is 16.1.